The molecule has 1 atom stereocenters. The average molecular weight is 394 g/mol. The monoisotopic (exact) mass is 393 g/mol. The molecule has 1 amide bonds. The third-order valence-electron chi connectivity index (χ3n) is 5.04. The molecule has 1 aromatic heterocycles. The summed E-state index contributed by atoms with van der Waals surface area (Å²) in [7, 11) is 0. The van der Waals surface area contributed by atoms with E-state index in [1.54, 1.807) is 0 Å². The van der Waals surface area contributed by atoms with Gasteiger partial charge in [-0.3, -0.25) is 4.79 Å². The molecule has 29 heavy (non-hydrogen) atoms. The molecule has 0 spiro atoms. The Morgan fingerprint density at radius 3 is 2.76 bits per heavy atom. The number of hydrogen-bond donors (Lipinski definition) is 1. The molecule has 0 fully saturated rings. The minimum atomic E-state index is -0.137. The third-order valence-corrected chi connectivity index (χ3v) is 5.04. The van der Waals surface area contributed by atoms with Crippen molar-refractivity contribution in [1.82, 2.24) is 14.9 Å². The molecule has 3 aromatic rings. The molecule has 5 nitrogen and oxygen atoms in total. The summed E-state index contributed by atoms with van der Waals surface area (Å²) in [5.41, 5.74) is 4.44. The predicted molar refractivity (Wildman–Crippen MR) is 117 cm³/mol. The number of nitrogens with zero attached hydrogens (tertiary/aromatic N) is 2. The number of ether oxygens (including phenoxy) is 1. The van der Waals surface area contributed by atoms with Gasteiger partial charge in [-0.25, -0.2) is 4.98 Å². The number of aromatic nitrogens is 2. The maximum absolute atomic E-state index is 12.1. The second-order valence-corrected chi connectivity index (χ2v) is 7.62. The van der Waals surface area contributed by atoms with Crippen molar-refractivity contribution in [3.63, 3.8) is 0 Å². The van der Waals surface area contributed by atoms with E-state index in [2.05, 4.69) is 41.9 Å². The highest BCUT2D eigenvalue weighted by Gasteiger charge is 2.18. The predicted octanol–water partition coefficient (Wildman–Crippen LogP) is 5.10. The lowest BCUT2D eigenvalue weighted by molar-refractivity contribution is -0.121. The molecule has 154 valence electrons. The summed E-state index contributed by atoms with van der Waals surface area (Å²) < 4.78 is 8.20. The van der Waals surface area contributed by atoms with Crippen LogP contribution in [0.4, 0.5) is 0 Å². The molecular weight excluding hydrogens is 362 g/mol. The number of carbonyl (C=O) groups excluding carboxylic acids is 1. The van der Waals surface area contributed by atoms with Crippen LogP contribution in [0, 0.1) is 13.8 Å². The second-order valence-electron chi connectivity index (χ2n) is 7.62. The molecule has 0 bridgehead atoms. The van der Waals surface area contributed by atoms with Crippen molar-refractivity contribution >= 4 is 16.9 Å². The molecular formula is C24H31N3O2. The van der Waals surface area contributed by atoms with E-state index in [-0.39, 0.29) is 11.9 Å². The summed E-state index contributed by atoms with van der Waals surface area (Å²) in [6.45, 7) is 9.58. The summed E-state index contributed by atoms with van der Waals surface area (Å²) >= 11 is 0. The summed E-state index contributed by atoms with van der Waals surface area (Å²) in [6.07, 6.45) is 2.23. The number of amides is 1. The first-order chi connectivity index (χ1) is 14.0. The maximum atomic E-state index is 12.1. The molecule has 1 unspecified atom stereocenters. The Morgan fingerprint density at radius 1 is 1.21 bits per heavy atom. The van der Waals surface area contributed by atoms with E-state index in [0.717, 1.165) is 47.6 Å². The van der Waals surface area contributed by atoms with Crippen LogP contribution in [0.5, 0.6) is 5.75 Å². The first kappa shape index (κ1) is 20.9. The fourth-order valence-corrected chi connectivity index (χ4v) is 3.63. The SMILES string of the molecule is CCCC(=O)NC(C)c1nc2ccccc2n1CCCOc1ccc(C)cc1C. The van der Waals surface area contributed by atoms with Crippen LogP contribution in [0.3, 0.4) is 0 Å². The number of carbonyl (C=O) groups is 1. The van der Waals surface area contributed by atoms with Crippen molar-refractivity contribution < 1.29 is 9.53 Å². The van der Waals surface area contributed by atoms with Gasteiger partial charge >= 0.3 is 0 Å². The van der Waals surface area contributed by atoms with Crippen LogP contribution in [-0.4, -0.2) is 22.1 Å². The van der Waals surface area contributed by atoms with Gasteiger partial charge in [0.15, 0.2) is 0 Å². The number of aryl methyl sites for hydroxylation is 3. The van der Waals surface area contributed by atoms with Crippen LogP contribution in [0.15, 0.2) is 42.5 Å². The number of rotatable bonds is 9. The quantitative estimate of drug-likeness (QED) is 0.515. The molecule has 0 aliphatic carbocycles. The molecule has 0 aliphatic rings. The molecule has 5 heteroatoms. The Hall–Kier alpha value is -2.82. The van der Waals surface area contributed by atoms with E-state index in [4.69, 9.17) is 9.72 Å². The summed E-state index contributed by atoms with van der Waals surface area (Å²) in [5, 5.41) is 3.07. The average Bonchev–Trinajstić information content (AvgIpc) is 3.05. The van der Waals surface area contributed by atoms with Crippen LogP contribution in [0.2, 0.25) is 0 Å². The highest BCUT2D eigenvalue weighted by atomic mass is 16.5. The Kier molecular flexibility index (Phi) is 6.91. The van der Waals surface area contributed by atoms with Gasteiger partial charge in [-0.05, 0) is 57.4 Å². The Bertz CT molecular complexity index is 977. The van der Waals surface area contributed by atoms with Crippen molar-refractivity contribution in [3.8, 4) is 5.75 Å². The van der Waals surface area contributed by atoms with Crippen molar-refractivity contribution in [2.24, 2.45) is 0 Å². The summed E-state index contributed by atoms with van der Waals surface area (Å²) in [4.78, 5) is 16.9. The van der Waals surface area contributed by atoms with Gasteiger partial charge in [0, 0.05) is 13.0 Å². The Labute approximate surface area is 173 Å². The third kappa shape index (κ3) is 5.17. The summed E-state index contributed by atoms with van der Waals surface area (Å²) in [6, 6.07) is 14.2. The van der Waals surface area contributed by atoms with Crippen molar-refractivity contribution in [3.05, 3.63) is 59.4 Å². The zero-order valence-corrected chi connectivity index (χ0v) is 17.9. The van der Waals surface area contributed by atoms with Gasteiger partial charge in [-0.2, -0.15) is 0 Å². The molecule has 1 N–H and O–H groups in total. The van der Waals surface area contributed by atoms with Gasteiger partial charge in [-0.15, -0.1) is 0 Å². The molecule has 2 aromatic carbocycles. The second kappa shape index (κ2) is 9.59. The zero-order chi connectivity index (χ0) is 20.8. The number of hydrogen-bond acceptors (Lipinski definition) is 3. The van der Waals surface area contributed by atoms with E-state index >= 15 is 0 Å². The van der Waals surface area contributed by atoms with Crippen LogP contribution in [0.25, 0.3) is 11.0 Å². The fourth-order valence-electron chi connectivity index (χ4n) is 3.63. The van der Waals surface area contributed by atoms with E-state index < -0.39 is 0 Å². The number of fused-ring (bicyclic) bond motifs is 1. The first-order valence-corrected chi connectivity index (χ1v) is 10.4. The highest BCUT2D eigenvalue weighted by molar-refractivity contribution is 5.78. The molecule has 1 heterocycles. The van der Waals surface area contributed by atoms with E-state index in [9.17, 15) is 4.79 Å². The van der Waals surface area contributed by atoms with Crippen LogP contribution < -0.4 is 10.1 Å². The highest BCUT2D eigenvalue weighted by Crippen LogP contribution is 2.22. The number of imidazole rings is 1. The number of para-hydroxylation sites is 2. The molecule has 0 aliphatic heterocycles. The van der Waals surface area contributed by atoms with Crippen molar-refractivity contribution in [2.75, 3.05) is 6.61 Å². The van der Waals surface area contributed by atoms with E-state index in [1.807, 2.05) is 38.1 Å². The van der Waals surface area contributed by atoms with Crippen LogP contribution in [0.1, 0.15) is 56.1 Å². The van der Waals surface area contributed by atoms with Gasteiger partial charge in [-0.1, -0.05) is 36.8 Å². The van der Waals surface area contributed by atoms with E-state index in [0.29, 0.717) is 13.0 Å². The standard InChI is InChI=1S/C24H31N3O2/c1-5-9-23(28)25-19(4)24-26-20-10-6-7-11-21(20)27(24)14-8-15-29-22-13-12-17(2)16-18(22)3/h6-7,10-13,16,19H,5,8-9,14-15H2,1-4H3,(H,25,28). The lowest BCUT2D eigenvalue weighted by Crippen LogP contribution is -2.28. The smallest absolute Gasteiger partial charge is 0.220 e. The molecule has 0 saturated carbocycles. The lowest BCUT2D eigenvalue weighted by atomic mass is 10.1. The van der Waals surface area contributed by atoms with Gasteiger partial charge < -0.3 is 14.6 Å². The normalized spacial score (nSPS) is 12.1. The van der Waals surface area contributed by atoms with Gasteiger partial charge in [0.05, 0.1) is 23.7 Å². The molecule has 0 radical (unpaired) electrons. The van der Waals surface area contributed by atoms with Crippen molar-refractivity contribution in [1.29, 1.82) is 0 Å². The largest absolute Gasteiger partial charge is 0.493 e. The topological polar surface area (TPSA) is 56.2 Å². The lowest BCUT2D eigenvalue weighted by Gasteiger charge is -2.17. The maximum Gasteiger partial charge on any atom is 0.220 e. The fraction of sp³-hybridized carbons (Fsp3) is 0.417. The van der Waals surface area contributed by atoms with Gasteiger partial charge in [0.2, 0.25) is 5.91 Å². The minimum Gasteiger partial charge on any atom is -0.493 e. The zero-order valence-electron chi connectivity index (χ0n) is 17.9. The van der Waals surface area contributed by atoms with Crippen molar-refractivity contribution in [2.45, 2.75) is 59.5 Å². The molecule has 0 saturated heterocycles. The van der Waals surface area contributed by atoms with E-state index in [1.165, 1.54) is 5.56 Å². The number of benzene rings is 2. The number of nitrogens with one attached hydrogen (secondary N) is 1. The summed E-state index contributed by atoms with van der Waals surface area (Å²) in [5.74, 6) is 1.89. The Morgan fingerprint density at radius 2 is 2.00 bits per heavy atom. The first-order valence-electron chi connectivity index (χ1n) is 10.4. The van der Waals surface area contributed by atoms with Crippen LogP contribution >= 0.6 is 0 Å². The minimum absolute atomic E-state index is 0.0665. The van der Waals surface area contributed by atoms with Gasteiger partial charge in [0.25, 0.3) is 0 Å². The van der Waals surface area contributed by atoms with Crippen LogP contribution in [-0.2, 0) is 11.3 Å². The van der Waals surface area contributed by atoms with Gasteiger partial charge in [0.1, 0.15) is 11.6 Å². The Balaban J connectivity index is 1.71. The molecule has 3 rings (SSSR count).